The molecule has 42 valence electrons. The quantitative estimate of drug-likeness (QED) is 0.470. The highest BCUT2D eigenvalue weighted by Gasteiger charge is 2.20. The Bertz CT molecular complexity index is 59.1. The molecule has 1 aliphatic heterocycles. The van der Waals surface area contributed by atoms with E-state index < -0.39 is 0 Å². The Morgan fingerprint density at radius 2 is 2.29 bits per heavy atom. The lowest BCUT2D eigenvalue weighted by atomic mass is 9.98. The molecule has 0 saturated carbocycles. The number of aliphatic hydroxyl groups excluding tert-OH is 1. The third kappa shape index (κ3) is 0.924. The molecule has 0 bridgehead atoms. The van der Waals surface area contributed by atoms with Crippen LogP contribution in [0.2, 0.25) is 0 Å². The van der Waals surface area contributed by atoms with Crippen molar-refractivity contribution in [2.45, 2.75) is 13.0 Å². The smallest absolute Gasteiger partial charge is 0.0564 e. The van der Waals surface area contributed by atoms with Gasteiger partial charge >= 0.3 is 0 Å². The molecule has 0 aliphatic carbocycles. The average molecular weight is 101 g/mol. The molecule has 1 aliphatic rings. The first-order valence-corrected chi connectivity index (χ1v) is 2.69. The van der Waals surface area contributed by atoms with Crippen LogP contribution < -0.4 is 5.32 Å². The summed E-state index contributed by atoms with van der Waals surface area (Å²) >= 11 is 0. The number of nitrogens with one attached hydrogen (secondary N) is 1. The fraction of sp³-hybridized carbons (Fsp3) is 1.00. The van der Waals surface area contributed by atoms with E-state index in [9.17, 15) is 0 Å². The minimum absolute atomic E-state index is 0.110. The first-order valence-electron chi connectivity index (χ1n) is 2.69. The number of rotatable bonds is 1. The van der Waals surface area contributed by atoms with Crippen molar-refractivity contribution in [3.63, 3.8) is 0 Å². The molecule has 2 N–H and O–H groups in total. The number of aliphatic hydroxyl groups is 1. The van der Waals surface area contributed by atoms with Crippen LogP contribution in [0.5, 0.6) is 0 Å². The van der Waals surface area contributed by atoms with Crippen LogP contribution in [0.25, 0.3) is 0 Å². The van der Waals surface area contributed by atoms with Gasteiger partial charge in [0.05, 0.1) is 6.10 Å². The van der Waals surface area contributed by atoms with Crippen LogP contribution in [-0.2, 0) is 0 Å². The Labute approximate surface area is 43.5 Å². The molecule has 2 heteroatoms. The van der Waals surface area contributed by atoms with Crippen LogP contribution >= 0.6 is 0 Å². The maximum absolute atomic E-state index is 8.83. The summed E-state index contributed by atoms with van der Waals surface area (Å²) in [6.45, 7) is 3.83. The van der Waals surface area contributed by atoms with Crippen LogP contribution in [0.15, 0.2) is 0 Å². The molecule has 1 rings (SSSR count). The van der Waals surface area contributed by atoms with Crippen molar-refractivity contribution < 1.29 is 5.11 Å². The maximum Gasteiger partial charge on any atom is 0.0564 e. The Hall–Kier alpha value is -0.0800. The highest BCUT2D eigenvalue weighted by Crippen LogP contribution is 2.06. The second kappa shape index (κ2) is 1.80. The number of hydrogen-bond donors (Lipinski definition) is 2. The summed E-state index contributed by atoms with van der Waals surface area (Å²) in [5.74, 6) is 0.528. The monoisotopic (exact) mass is 101 g/mol. The molecule has 0 radical (unpaired) electrons. The van der Waals surface area contributed by atoms with Crippen molar-refractivity contribution in [2.75, 3.05) is 13.1 Å². The van der Waals surface area contributed by atoms with E-state index in [-0.39, 0.29) is 6.10 Å². The Morgan fingerprint density at radius 1 is 1.71 bits per heavy atom. The Kier molecular flexibility index (Phi) is 1.30. The minimum atomic E-state index is -0.110. The van der Waals surface area contributed by atoms with Crippen molar-refractivity contribution in [2.24, 2.45) is 5.92 Å². The molecule has 1 atom stereocenters. The van der Waals surface area contributed by atoms with Crippen LogP contribution in [0, 0.1) is 5.92 Å². The van der Waals surface area contributed by atoms with E-state index in [0.717, 1.165) is 13.1 Å². The predicted molar refractivity (Wildman–Crippen MR) is 28.0 cm³/mol. The van der Waals surface area contributed by atoms with Crippen molar-refractivity contribution in [1.29, 1.82) is 0 Å². The van der Waals surface area contributed by atoms with Gasteiger partial charge in [-0.15, -0.1) is 0 Å². The van der Waals surface area contributed by atoms with E-state index in [1.54, 1.807) is 0 Å². The van der Waals surface area contributed by atoms with Gasteiger partial charge in [0.2, 0.25) is 0 Å². The molecule has 0 aromatic heterocycles. The lowest BCUT2D eigenvalue weighted by molar-refractivity contribution is 0.0928. The fourth-order valence-corrected chi connectivity index (χ4v) is 0.652. The van der Waals surface area contributed by atoms with Crippen molar-refractivity contribution in [1.82, 2.24) is 5.32 Å². The third-order valence-electron chi connectivity index (χ3n) is 1.50. The second-order valence-electron chi connectivity index (χ2n) is 2.16. The van der Waals surface area contributed by atoms with Gasteiger partial charge in [0, 0.05) is 19.0 Å². The van der Waals surface area contributed by atoms with Crippen LogP contribution in [-0.4, -0.2) is 24.3 Å². The molecule has 0 unspecified atom stereocenters. The van der Waals surface area contributed by atoms with Gasteiger partial charge in [-0.25, -0.2) is 0 Å². The molecule has 0 aromatic rings. The molecule has 1 heterocycles. The molecule has 1 saturated heterocycles. The zero-order valence-corrected chi connectivity index (χ0v) is 4.52. The molecular formula is C5H11NO. The Balaban J connectivity index is 2.14. The first-order chi connectivity index (χ1) is 3.30. The maximum atomic E-state index is 8.83. The van der Waals surface area contributed by atoms with Crippen molar-refractivity contribution >= 4 is 0 Å². The topological polar surface area (TPSA) is 32.3 Å². The van der Waals surface area contributed by atoms with Gasteiger partial charge in [0.15, 0.2) is 0 Å². The van der Waals surface area contributed by atoms with E-state index >= 15 is 0 Å². The SMILES string of the molecule is C[C@H](O)C1CNC1. The first kappa shape index (κ1) is 5.06. The fourth-order valence-electron chi connectivity index (χ4n) is 0.652. The molecular weight excluding hydrogens is 90.1 g/mol. The largest absolute Gasteiger partial charge is 0.393 e. The summed E-state index contributed by atoms with van der Waals surface area (Å²) in [5, 5.41) is 11.9. The predicted octanol–water partition coefficient (Wildman–Crippen LogP) is -0.413. The third-order valence-corrected chi connectivity index (χ3v) is 1.50. The van der Waals surface area contributed by atoms with Gasteiger partial charge in [0.1, 0.15) is 0 Å². The molecule has 7 heavy (non-hydrogen) atoms. The van der Waals surface area contributed by atoms with Crippen LogP contribution in [0.1, 0.15) is 6.92 Å². The lowest BCUT2D eigenvalue weighted by Gasteiger charge is -2.29. The molecule has 2 nitrogen and oxygen atoms in total. The summed E-state index contributed by atoms with van der Waals surface area (Å²) in [5.41, 5.74) is 0. The average Bonchev–Trinajstić information content (AvgIpc) is 1.23. The highest BCUT2D eigenvalue weighted by molar-refractivity contribution is 4.78. The zero-order chi connectivity index (χ0) is 5.28. The van der Waals surface area contributed by atoms with Gasteiger partial charge in [0.25, 0.3) is 0 Å². The standard InChI is InChI=1S/C5H11NO/c1-4(7)5-2-6-3-5/h4-7H,2-3H2,1H3/t4-/m0/s1. The van der Waals surface area contributed by atoms with Crippen LogP contribution in [0.3, 0.4) is 0 Å². The summed E-state index contributed by atoms with van der Waals surface area (Å²) in [6, 6.07) is 0. The van der Waals surface area contributed by atoms with E-state index in [1.807, 2.05) is 6.92 Å². The van der Waals surface area contributed by atoms with Gasteiger partial charge < -0.3 is 10.4 Å². The highest BCUT2D eigenvalue weighted by atomic mass is 16.3. The van der Waals surface area contributed by atoms with E-state index in [2.05, 4.69) is 5.32 Å². The second-order valence-corrected chi connectivity index (χ2v) is 2.16. The lowest BCUT2D eigenvalue weighted by Crippen LogP contribution is -2.47. The van der Waals surface area contributed by atoms with Crippen LogP contribution in [0.4, 0.5) is 0 Å². The Morgan fingerprint density at radius 3 is 2.29 bits per heavy atom. The summed E-state index contributed by atoms with van der Waals surface area (Å²) in [4.78, 5) is 0. The van der Waals surface area contributed by atoms with E-state index in [4.69, 9.17) is 5.11 Å². The summed E-state index contributed by atoms with van der Waals surface area (Å²) in [7, 11) is 0. The molecule has 1 fully saturated rings. The zero-order valence-electron chi connectivity index (χ0n) is 4.52. The van der Waals surface area contributed by atoms with Gasteiger partial charge in [-0.2, -0.15) is 0 Å². The normalized spacial score (nSPS) is 26.6. The number of hydrogen-bond acceptors (Lipinski definition) is 2. The summed E-state index contributed by atoms with van der Waals surface area (Å²) in [6.07, 6.45) is -0.110. The van der Waals surface area contributed by atoms with E-state index in [0.29, 0.717) is 5.92 Å². The molecule has 0 amide bonds. The van der Waals surface area contributed by atoms with Crippen molar-refractivity contribution in [3.8, 4) is 0 Å². The van der Waals surface area contributed by atoms with Gasteiger partial charge in [-0.1, -0.05) is 0 Å². The molecule has 0 aromatic carbocycles. The minimum Gasteiger partial charge on any atom is -0.393 e. The van der Waals surface area contributed by atoms with E-state index in [1.165, 1.54) is 0 Å². The van der Waals surface area contributed by atoms with Gasteiger partial charge in [-0.05, 0) is 6.92 Å². The van der Waals surface area contributed by atoms with Crippen molar-refractivity contribution in [3.05, 3.63) is 0 Å². The molecule has 0 spiro atoms. The summed E-state index contributed by atoms with van der Waals surface area (Å²) < 4.78 is 0. The van der Waals surface area contributed by atoms with Gasteiger partial charge in [-0.3, -0.25) is 0 Å².